The fraction of sp³-hybridized carbons (Fsp3) is 0.310. The van der Waals surface area contributed by atoms with E-state index in [1.165, 1.54) is 19.8 Å². The van der Waals surface area contributed by atoms with Crippen molar-refractivity contribution >= 4 is 17.5 Å². The van der Waals surface area contributed by atoms with Crippen LogP contribution in [0.25, 0.3) is 0 Å². The number of carbonyl (C=O) groups is 2. The molecule has 3 aromatic rings. The van der Waals surface area contributed by atoms with Crippen molar-refractivity contribution in [3.05, 3.63) is 76.9 Å². The van der Waals surface area contributed by atoms with E-state index in [9.17, 15) is 9.59 Å². The van der Waals surface area contributed by atoms with Crippen molar-refractivity contribution in [2.75, 3.05) is 40.8 Å². The molecule has 194 valence electrons. The fourth-order valence-electron chi connectivity index (χ4n) is 4.83. The van der Waals surface area contributed by atoms with E-state index in [0.717, 1.165) is 12.0 Å². The van der Waals surface area contributed by atoms with Crippen LogP contribution in [0, 0.1) is 0 Å². The van der Waals surface area contributed by atoms with Crippen LogP contribution in [0.15, 0.2) is 54.6 Å². The lowest BCUT2D eigenvalue weighted by Crippen LogP contribution is -2.44. The molecule has 0 saturated heterocycles. The molecule has 2 atom stereocenters. The van der Waals surface area contributed by atoms with E-state index in [0.29, 0.717) is 39.8 Å². The van der Waals surface area contributed by atoms with Crippen LogP contribution in [0.5, 0.6) is 23.0 Å². The Balaban J connectivity index is 1.87. The summed E-state index contributed by atoms with van der Waals surface area (Å²) in [6.07, 6.45) is 0.903. The predicted molar refractivity (Wildman–Crippen MR) is 141 cm³/mol. The van der Waals surface area contributed by atoms with E-state index in [1.54, 1.807) is 50.4 Å². The smallest absolute Gasteiger partial charge is 0.254 e. The Morgan fingerprint density at radius 3 is 2.03 bits per heavy atom. The van der Waals surface area contributed by atoms with Crippen LogP contribution < -0.4 is 24.3 Å². The van der Waals surface area contributed by atoms with Gasteiger partial charge in [-0.2, -0.15) is 0 Å². The van der Waals surface area contributed by atoms with E-state index in [4.69, 9.17) is 18.9 Å². The van der Waals surface area contributed by atoms with Crippen molar-refractivity contribution in [2.24, 2.45) is 0 Å². The number of hydrogen-bond acceptors (Lipinski definition) is 6. The zero-order chi connectivity index (χ0) is 26.7. The van der Waals surface area contributed by atoms with E-state index < -0.39 is 12.0 Å². The number of anilines is 1. The Morgan fingerprint density at radius 2 is 1.43 bits per heavy atom. The first-order valence-corrected chi connectivity index (χ1v) is 12.0. The van der Waals surface area contributed by atoms with Crippen LogP contribution in [-0.4, -0.2) is 52.2 Å². The molecule has 1 aliphatic rings. The van der Waals surface area contributed by atoms with Crippen LogP contribution >= 0.6 is 0 Å². The maximum atomic E-state index is 14.0. The van der Waals surface area contributed by atoms with Gasteiger partial charge in [-0.3, -0.25) is 9.59 Å². The Kier molecular flexibility index (Phi) is 7.57. The summed E-state index contributed by atoms with van der Waals surface area (Å²) in [5.74, 6) is 0.690. The fourth-order valence-corrected chi connectivity index (χ4v) is 4.83. The van der Waals surface area contributed by atoms with Crippen molar-refractivity contribution in [1.29, 1.82) is 0 Å². The summed E-state index contributed by atoms with van der Waals surface area (Å²) in [5.41, 5.74) is 3.53. The quantitative estimate of drug-likeness (QED) is 0.473. The summed E-state index contributed by atoms with van der Waals surface area (Å²) in [6.45, 7) is 2.08. The number of hydrogen-bond donors (Lipinski definition) is 1. The number of rotatable bonds is 8. The molecule has 3 aromatic carbocycles. The monoisotopic (exact) mass is 504 g/mol. The number of aryl methyl sites for hydroxylation is 1. The molecular weight excluding hydrogens is 472 g/mol. The van der Waals surface area contributed by atoms with E-state index in [1.807, 2.05) is 30.3 Å². The van der Waals surface area contributed by atoms with Crippen LogP contribution in [-0.2, 0) is 11.2 Å². The molecule has 0 bridgehead atoms. The zero-order valence-corrected chi connectivity index (χ0v) is 22.0. The number of benzene rings is 3. The Morgan fingerprint density at radius 1 is 0.838 bits per heavy atom. The lowest BCUT2D eigenvalue weighted by molar-refractivity contribution is -0.119. The number of amides is 2. The van der Waals surface area contributed by atoms with Gasteiger partial charge in [0.15, 0.2) is 23.0 Å². The standard InChI is InChI=1S/C29H32N2O6/c1-7-17-8-11-19(12-9-17)30-28(32)26-20-15-24(36-5)25(37-6)16-21(20)29(33)31(2)27(26)18-10-13-22(34-3)23(14-18)35-4/h8-16,26-27H,7H2,1-6H3,(H,30,32)/t26-,27+/m0/s1. The van der Waals surface area contributed by atoms with Crippen LogP contribution in [0.4, 0.5) is 5.69 Å². The maximum Gasteiger partial charge on any atom is 0.254 e. The molecule has 0 fully saturated rings. The van der Waals surface area contributed by atoms with Gasteiger partial charge >= 0.3 is 0 Å². The van der Waals surface area contributed by atoms with Gasteiger partial charge in [0.05, 0.1) is 40.4 Å². The predicted octanol–water partition coefficient (Wildman–Crippen LogP) is 4.83. The third-order valence-electron chi connectivity index (χ3n) is 6.84. The van der Waals surface area contributed by atoms with Crippen LogP contribution in [0.1, 0.15) is 45.9 Å². The van der Waals surface area contributed by atoms with Gasteiger partial charge in [-0.25, -0.2) is 0 Å². The minimum Gasteiger partial charge on any atom is -0.493 e. The molecule has 0 saturated carbocycles. The number of nitrogens with one attached hydrogen (secondary N) is 1. The summed E-state index contributed by atoms with van der Waals surface area (Å²) >= 11 is 0. The van der Waals surface area contributed by atoms with Crippen LogP contribution in [0.2, 0.25) is 0 Å². The second kappa shape index (κ2) is 10.8. The number of carbonyl (C=O) groups excluding carboxylic acids is 2. The maximum absolute atomic E-state index is 14.0. The summed E-state index contributed by atoms with van der Waals surface area (Å²) < 4.78 is 21.9. The third kappa shape index (κ3) is 4.79. The molecule has 1 N–H and O–H groups in total. The van der Waals surface area contributed by atoms with Crippen molar-refractivity contribution in [3.8, 4) is 23.0 Å². The molecule has 8 nitrogen and oxygen atoms in total. The molecule has 1 aliphatic heterocycles. The Bertz CT molecular complexity index is 1300. The number of nitrogens with zero attached hydrogens (tertiary/aromatic N) is 1. The summed E-state index contributed by atoms with van der Waals surface area (Å²) in [6, 6.07) is 15.9. The van der Waals surface area contributed by atoms with Crippen molar-refractivity contribution in [3.63, 3.8) is 0 Å². The van der Waals surface area contributed by atoms with Gasteiger partial charge in [0, 0.05) is 18.3 Å². The Labute approximate surface area is 217 Å². The molecule has 0 aromatic heterocycles. The van der Waals surface area contributed by atoms with Gasteiger partial charge in [0.1, 0.15) is 0 Å². The largest absolute Gasteiger partial charge is 0.493 e. The van der Waals surface area contributed by atoms with Crippen molar-refractivity contribution in [2.45, 2.75) is 25.3 Å². The van der Waals surface area contributed by atoms with Gasteiger partial charge in [0.25, 0.3) is 5.91 Å². The van der Waals surface area contributed by atoms with Gasteiger partial charge < -0.3 is 29.2 Å². The summed E-state index contributed by atoms with van der Waals surface area (Å²) in [4.78, 5) is 29.1. The molecule has 37 heavy (non-hydrogen) atoms. The number of methoxy groups -OCH3 is 4. The average Bonchev–Trinajstić information content (AvgIpc) is 2.93. The second-order valence-electron chi connectivity index (χ2n) is 8.79. The number of likely N-dealkylation sites (N-methyl/N-ethyl adjacent to an activating group) is 1. The van der Waals surface area contributed by atoms with Crippen molar-refractivity contribution in [1.82, 2.24) is 4.90 Å². The summed E-state index contributed by atoms with van der Waals surface area (Å²) in [7, 11) is 7.84. The van der Waals surface area contributed by atoms with E-state index in [-0.39, 0.29) is 11.8 Å². The topological polar surface area (TPSA) is 86.3 Å². The molecule has 4 rings (SSSR count). The Hall–Kier alpha value is -4.20. The normalized spacial score (nSPS) is 16.6. The molecular formula is C29H32N2O6. The van der Waals surface area contributed by atoms with Gasteiger partial charge in [-0.15, -0.1) is 0 Å². The highest BCUT2D eigenvalue weighted by atomic mass is 16.5. The molecule has 0 aliphatic carbocycles. The minimum absolute atomic E-state index is 0.230. The highest BCUT2D eigenvalue weighted by Gasteiger charge is 2.44. The van der Waals surface area contributed by atoms with Crippen LogP contribution in [0.3, 0.4) is 0 Å². The SMILES string of the molecule is CCc1ccc(NC(=O)[C@H]2c3cc(OC)c(OC)cc3C(=O)N(C)[C@@H]2c2ccc(OC)c(OC)c2)cc1. The molecule has 1 heterocycles. The van der Waals surface area contributed by atoms with Crippen molar-refractivity contribution < 1.29 is 28.5 Å². The average molecular weight is 505 g/mol. The van der Waals surface area contributed by atoms with Gasteiger partial charge in [0.2, 0.25) is 5.91 Å². The molecule has 8 heteroatoms. The molecule has 2 amide bonds. The highest BCUT2D eigenvalue weighted by molar-refractivity contribution is 6.05. The number of ether oxygens (including phenoxy) is 4. The zero-order valence-electron chi connectivity index (χ0n) is 22.0. The van der Waals surface area contributed by atoms with E-state index in [2.05, 4.69) is 12.2 Å². The highest BCUT2D eigenvalue weighted by Crippen LogP contribution is 2.47. The summed E-state index contributed by atoms with van der Waals surface area (Å²) in [5, 5.41) is 3.05. The third-order valence-corrected chi connectivity index (χ3v) is 6.84. The minimum atomic E-state index is -0.749. The molecule has 0 unspecified atom stereocenters. The lowest BCUT2D eigenvalue weighted by Gasteiger charge is -2.40. The van der Waals surface area contributed by atoms with E-state index >= 15 is 0 Å². The second-order valence-corrected chi connectivity index (χ2v) is 8.79. The molecule has 0 spiro atoms. The van der Waals surface area contributed by atoms with Gasteiger partial charge in [-0.1, -0.05) is 25.1 Å². The van der Waals surface area contributed by atoms with Gasteiger partial charge in [-0.05, 0) is 59.5 Å². The first-order chi connectivity index (χ1) is 17.9. The number of fused-ring (bicyclic) bond motifs is 1. The molecule has 0 radical (unpaired) electrons. The first kappa shape index (κ1) is 25.9. The first-order valence-electron chi connectivity index (χ1n) is 12.0. The lowest BCUT2D eigenvalue weighted by atomic mass is 9.79.